The summed E-state index contributed by atoms with van der Waals surface area (Å²) >= 11 is 0. The van der Waals surface area contributed by atoms with Crippen molar-refractivity contribution in [3.63, 3.8) is 0 Å². The zero-order chi connectivity index (χ0) is 7.68. The molecule has 0 saturated carbocycles. The molecule has 0 fully saturated rings. The molecule has 0 aliphatic carbocycles. The maximum absolute atomic E-state index is 10.8. The molecule has 1 aliphatic rings. The topological polar surface area (TPSA) is 56.9 Å². The molecule has 0 amide bonds. The standard InChI is InChI=1S/C7H9N3O/c11-6-2-1-5-7(10-6)9-4-3-8-5/h1-2,8H,3-4H2,(H2,9,10,11). The Morgan fingerprint density at radius 2 is 2.00 bits per heavy atom. The van der Waals surface area contributed by atoms with E-state index >= 15 is 0 Å². The van der Waals surface area contributed by atoms with Crippen LogP contribution in [0.4, 0.5) is 11.5 Å². The van der Waals surface area contributed by atoms with Crippen LogP contribution in [0.3, 0.4) is 0 Å². The SMILES string of the molecule is O=c1ccc2c([nH]1)NCCN2. The average molecular weight is 151 g/mol. The van der Waals surface area contributed by atoms with Crippen LogP contribution < -0.4 is 16.2 Å². The number of aromatic amines is 1. The summed E-state index contributed by atoms with van der Waals surface area (Å²) in [6, 6.07) is 3.29. The largest absolute Gasteiger partial charge is 0.380 e. The number of nitrogens with one attached hydrogen (secondary N) is 3. The highest BCUT2D eigenvalue weighted by Gasteiger charge is 2.06. The van der Waals surface area contributed by atoms with E-state index in [1.165, 1.54) is 6.07 Å². The second kappa shape index (κ2) is 2.30. The van der Waals surface area contributed by atoms with Gasteiger partial charge in [0.15, 0.2) is 0 Å². The van der Waals surface area contributed by atoms with Crippen molar-refractivity contribution in [3.05, 3.63) is 22.5 Å². The lowest BCUT2D eigenvalue weighted by Gasteiger charge is -2.18. The summed E-state index contributed by atoms with van der Waals surface area (Å²) in [4.78, 5) is 13.5. The molecule has 4 heteroatoms. The third kappa shape index (κ3) is 1.07. The molecule has 1 aromatic rings. The number of pyridine rings is 1. The van der Waals surface area contributed by atoms with Gasteiger partial charge < -0.3 is 15.6 Å². The molecular weight excluding hydrogens is 142 g/mol. The van der Waals surface area contributed by atoms with Gasteiger partial charge in [0.25, 0.3) is 0 Å². The van der Waals surface area contributed by atoms with Crippen LogP contribution in [0.25, 0.3) is 0 Å². The number of H-pyrrole nitrogens is 1. The minimum Gasteiger partial charge on any atom is -0.380 e. The van der Waals surface area contributed by atoms with Gasteiger partial charge in [-0.15, -0.1) is 0 Å². The Balaban J connectivity index is 2.51. The molecule has 2 heterocycles. The fourth-order valence-corrected chi connectivity index (χ4v) is 1.15. The lowest BCUT2D eigenvalue weighted by molar-refractivity contribution is 1.01. The molecule has 1 aromatic heterocycles. The van der Waals surface area contributed by atoms with Crippen molar-refractivity contribution < 1.29 is 0 Å². The molecule has 0 saturated heterocycles. The van der Waals surface area contributed by atoms with Crippen LogP contribution >= 0.6 is 0 Å². The fourth-order valence-electron chi connectivity index (χ4n) is 1.15. The first kappa shape index (κ1) is 6.27. The molecule has 0 aromatic carbocycles. The van der Waals surface area contributed by atoms with E-state index in [4.69, 9.17) is 0 Å². The Labute approximate surface area is 63.6 Å². The number of hydrogen-bond donors (Lipinski definition) is 3. The molecule has 3 N–H and O–H groups in total. The molecule has 1 aliphatic heterocycles. The maximum Gasteiger partial charge on any atom is 0.249 e. The third-order valence-electron chi connectivity index (χ3n) is 1.66. The first-order valence-corrected chi connectivity index (χ1v) is 3.57. The molecule has 4 nitrogen and oxygen atoms in total. The monoisotopic (exact) mass is 151 g/mol. The highest BCUT2D eigenvalue weighted by Crippen LogP contribution is 2.17. The second-order valence-corrected chi connectivity index (χ2v) is 2.46. The second-order valence-electron chi connectivity index (χ2n) is 2.46. The Hall–Kier alpha value is -1.45. The molecule has 0 unspecified atom stereocenters. The number of aromatic nitrogens is 1. The van der Waals surface area contributed by atoms with Crippen LogP contribution in [-0.2, 0) is 0 Å². The van der Waals surface area contributed by atoms with Crippen molar-refractivity contribution in [2.75, 3.05) is 23.7 Å². The number of rotatable bonds is 0. The van der Waals surface area contributed by atoms with Gasteiger partial charge in [0.05, 0.1) is 5.69 Å². The average Bonchev–Trinajstić information content (AvgIpc) is 2.04. The van der Waals surface area contributed by atoms with Crippen molar-refractivity contribution >= 4 is 11.5 Å². The molecular formula is C7H9N3O. The number of hydrogen-bond acceptors (Lipinski definition) is 3. The van der Waals surface area contributed by atoms with Crippen molar-refractivity contribution in [1.29, 1.82) is 0 Å². The summed E-state index contributed by atoms with van der Waals surface area (Å²) in [7, 11) is 0. The minimum absolute atomic E-state index is 0.0695. The molecule has 0 spiro atoms. The summed E-state index contributed by atoms with van der Waals surface area (Å²) in [5.41, 5.74) is 0.899. The van der Waals surface area contributed by atoms with Gasteiger partial charge in [-0.2, -0.15) is 0 Å². The van der Waals surface area contributed by atoms with E-state index in [1.807, 2.05) is 0 Å². The molecule has 0 atom stereocenters. The van der Waals surface area contributed by atoms with Crippen LogP contribution in [0.1, 0.15) is 0 Å². The number of fused-ring (bicyclic) bond motifs is 1. The summed E-state index contributed by atoms with van der Waals surface area (Å²) in [6.07, 6.45) is 0. The van der Waals surface area contributed by atoms with E-state index in [1.54, 1.807) is 6.07 Å². The first-order valence-electron chi connectivity index (χ1n) is 3.57. The van der Waals surface area contributed by atoms with E-state index in [-0.39, 0.29) is 5.56 Å². The highest BCUT2D eigenvalue weighted by molar-refractivity contribution is 5.65. The number of anilines is 2. The van der Waals surface area contributed by atoms with Gasteiger partial charge in [0.2, 0.25) is 5.56 Å². The molecule has 0 radical (unpaired) electrons. The molecule has 0 bridgehead atoms. The van der Waals surface area contributed by atoms with Crippen molar-refractivity contribution in [3.8, 4) is 0 Å². The van der Waals surface area contributed by atoms with Gasteiger partial charge in [-0.05, 0) is 6.07 Å². The van der Waals surface area contributed by atoms with E-state index in [0.29, 0.717) is 0 Å². The lowest BCUT2D eigenvalue weighted by atomic mass is 10.3. The maximum atomic E-state index is 10.8. The summed E-state index contributed by atoms with van der Waals surface area (Å²) in [5.74, 6) is 0.795. The van der Waals surface area contributed by atoms with E-state index in [2.05, 4.69) is 15.6 Å². The van der Waals surface area contributed by atoms with Gasteiger partial charge in [0, 0.05) is 19.2 Å². The summed E-state index contributed by atoms with van der Waals surface area (Å²) < 4.78 is 0. The van der Waals surface area contributed by atoms with Crippen LogP contribution in [0, 0.1) is 0 Å². The normalized spacial score (nSPS) is 14.5. The lowest BCUT2D eigenvalue weighted by Crippen LogP contribution is -2.23. The van der Waals surface area contributed by atoms with Crippen LogP contribution in [0.5, 0.6) is 0 Å². The van der Waals surface area contributed by atoms with Crippen molar-refractivity contribution in [2.45, 2.75) is 0 Å². The van der Waals surface area contributed by atoms with Gasteiger partial charge >= 0.3 is 0 Å². The van der Waals surface area contributed by atoms with Gasteiger partial charge in [0.1, 0.15) is 5.82 Å². The minimum atomic E-state index is -0.0695. The van der Waals surface area contributed by atoms with Crippen molar-refractivity contribution in [1.82, 2.24) is 4.98 Å². The quantitative estimate of drug-likeness (QED) is 0.497. The smallest absolute Gasteiger partial charge is 0.249 e. The zero-order valence-corrected chi connectivity index (χ0v) is 5.98. The van der Waals surface area contributed by atoms with Crippen molar-refractivity contribution in [2.24, 2.45) is 0 Å². The molecule has 2 rings (SSSR count). The van der Waals surface area contributed by atoms with Gasteiger partial charge in [-0.25, -0.2) is 0 Å². The Bertz CT molecular complexity index is 318. The van der Waals surface area contributed by atoms with Crippen LogP contribution in [-0.4, -0.2) is 18.1 Å². The third-order valence-corrected chi connectivity index (χ3v) is 1.66. The predicted molar refractivity (Wildman–Crippen MR) is 44.0 cm³/mol. The van der Waals surface area contributed by atoms with E-state index < -0.39 is 0 Å². The Morgan fingerprint density at radius 3 is 2.91 bits per heavy atom. The summed E-state index contributed by atoms with van der Waals surface area (Å²) in [6.45, 7) is 1.76. The Kier molecular flexibility index (Phi) is 1.31. The van der Waals surface area contributed by atoms with Crippen LogP contribution in [0.15, 0.2) is 16.9 Å². The predicted octanol–water partition coefficient (Wildman–Crippen LogP) is 0.212. The van der Waals surface area contributed by atoms with Gasteiger partial charge in [-0.3, -0.25) is 4.79 Å². The van der Waals surface area contributed by atoms with Crippen LogP contribution in [0.2, 0.25) is 0 Å². The van der Waals surface area contributed by atoms with E-state index in [0.717, 1.165) is 24.6 Å². The zero-order valence-electron chi connectivity index (χ0n) is 5.98. The fraction of sp³-hybridized carbons (Fsp3) is 0.286. The Morgan fingerprint density at radius 1 is 1.18 bits per heavy atom. The first-order chi connectivity index (χ1) is 5.36. The highest BCUT2D eigenvalue weighted by atomic mass is 16.1. The van der Waals surface area contributed by atoms with Gasteiger partial charge in [-0.1, -0.05) is 0 Å². The summed E-state index contributed by atoms with van der Waals surface area (Å²) in [5, 5.41) is 6.24. The van der Waals surface area contributed by atoms with E-state index in [9.17, 15) is 4.79 Å². The molecule has 58 valence electrons. The molecule has 11 heavy (non-hydrogen) atoms.